The van der Waals surface area contributed by atoms with Gasteiger partial charge in [0.15, 0.2) is 0 Å². The summed E-state index contributed by atoms with van der Waals surface area (Å²) in [5, 5.41) is 3.13. The second-order valence-electron chi connectivity index (χ2n) is 6.80. The number of halogens is 2. The van der Waals surface area contributed by atoms with E-state index in [-0.39, 0.29) is 42.8 Å². The number of carbonyl (C=O) groups excluding carboxylic acids is 1. The number of piperidine rings is 1. The summed E-state index contributed by atoms with van der Waals surface area (Å²) in [7, 11) is 0. The van der Waals surface area contributed by atoms with Gasteiger partial charge in [-0.15, -0.1) is 24.8 Å². The Hall–Kier alpha value is -0.810. The molecular weight excluding hydrogens is 345 g/mol. The quantitative estimate of drug-likeness (QED) is 0.803. The van der Waals surface area contributed by atoms with Gasteiger partial charge in [-0.3, -0.25) is 9.69 Å². The van der Waals surface area contributed by atoms with E-state index in [1.54, 1.807) is 0 Å². The summed E-state index contributed by atoms with van der Waals surface area (Å²) in [4.78, 5) is 14.6. The Morgan fingerprint density at radius 1 is 1.29 bits per heavy atom. The smallest absolute Gasteiger partial charge is 0.237 e. The molecule has 1 amide bonds. The molecule has 2 atom stereocenters. The Kier molecular flexibility index (Phi) is 11.3. The van der Waals surface area contributed by atoms with Crippen molar-refractivity contribution in [2.75, 3.05) is 13.1 Å². The first-order chi connectivity index (χ1) is 10.5. The van der Waals surface area contributed by atoms with E-state index in [1.165, 1.54) is 5.56 Å². The first-order valence-corrected chi connectivity index (χ1v) is 8.37. The molecule has 1 aromatic carbocycles. The van der Waals surface area contributed by atoms with Gasteiger partial charge >= 0.3 is 0 Å². The van der Waals surface area contributed by atoms with Gasteiger partial charge in [-0.25, -0.2) is 0 Å². The summed E-state index contributed by atoms with van der Waals surface area (Å²) in [6.07, 6.45) is 2.91. The Balaban J connectivity index is 0.00000264. The van der Waals surface area contributed by atoms with Crippen LogP contribution in [0.25, 0.3) is 0 Å². The summed E-state index contributed by atoms with van der Waals surface area (Å²) in [5.41, 5.74) is 7.29. The molecule has 0 aromatic heterocycles. The van der Waals surface area contributed by atoms with Crippen LogP contribution in [0.2, 0.25) is 0 Å². The van der Waals surface area contributed by atoms with Gasteiger partial charge in [-0.05, 0) is 37.3 Å². The molecule has 24 heavy (non-hydrogen) atoms. The Morgan fingerprint density at radius 2 is 1.96 bits per heavy atom. The largest absolute Gasteiger partial charge is 0.351 e. The summed E-state index contributed by atoms with van der Waals surface area (Å²) in [6, 6.07) is 10.3. The van der Waals surface area contributed by atoms with Crippen LogP contribution in [0.1, 0.15) is 38.7 Å². The fraction of sp³-hybridized carbons (Fsp3) is 0.611. The highest BCUT2D eigenvalue weighted by molar-refractivity contribution is 5.85. The third-order valence-electron chi connectivity index (χ3n) is 4.16. The number of carbonyl (C=O) groups is 1. The molecule has 1 saturated heterocycles. The van der Waals surface area contributed by atoms with E-state index in [2.05, 4.69) is 48.3 Å². The number of nitrogens with zero attached hydrogens (tertiary/aromatic N) is 1. The molecular formula is C18H31Cl2N3O. The van der Waals surface area contributed by atoms with Gasteiger partial charge in [-0.2, -0.15) is 0 Å². The number of amides is 1. The number of rotatable bonds is 6. The highest BCUT2D eigenvalue weighted by atomic mass is 35.5. The minimum absolute atomic E-state index is 0. The summed E-state index contributed by atoms with van der Waals surface area (Å²) < 4.78 is 0. The number of nitrogens with two attached hydrogens (primary N) is 1. The Labute approximate surface area is 158 Å². The molecule has 6 heteroatoms. The topological polar surface area (TPSA) is 58.4 Å². The molecule has 3 N–H and O–H groups in total. The number of likely N-dealkylation sites (tertiary alicyclic amines) is 1. The molecule has 0 spiro atoms. The Morgan fingerprint density at radius 3 is 2.58 bits per heavy atom. The molecule has 1 aliphatic rings. The molecule has 0 bridgehead atoms. The molecule has 0 saturated carbocycles. The van der Waals surface area contributed by atoms with E-state index in [1.807, 2.05) is 6.07 Å². The van der Waals surface area contributed by atoms with Crippen molar-refractivity contribution in [1.29, 1.82) is 0 Å². The second kappa shape index (κ2) is 11.7. The van der Waals surface area contributed by atoms with Crippen LogP contribution in [0.4, 0.5) is 0 Å². The van der Waals surface area contributed by atoms with Crippen molar-refractivity contribution in [2.45, 2.75) is 51.7 Å². The fourth-order valence-corrected chi connectivity index (χ4v) is 3.08. The van der Waals surface area contributed by atoms with Crippen molar-refractivity contribution in [3.8, 4) is 0 Å². The molecule has 0 radical (unpaired) electrons. The lowest BCUT2D eigenvalue weighted by Crippen LogP contribution is -2.51. The van der Waals surface area contributed by atoms with Gasteiger partial charge in [0.1, 0.15) is 0 Å². The van der Waals surface area contributed by atoms with Gasteiger partial charge in [-0.1, -0.05) is 44.2 Å². The Bertz CT molecular complexity index is 471. The van der Waals surface area contributed by atoms with Crippen LogP contribution in [0, 0.1) is 5.92 Å². The van der Waals surface area contributed by atoms with Gasteiger partial charge < -0.3 is 11.1 Å². The molecule has 1 heterocycles. The number of benzene rings is 1. The lowest BCUT2D eigenvalue weighted by molar-refractivity contribution is -0.123. The van der Waals surface area contributed by atoms with E-state index in [9.17, 15) is 4.79 Å². The zero-order valence-corrected chi connectivity index (χ0v) is 16.2. The molecule has 1 aromatic rings. The maximum atomic E-state index is 12.2. The second-order valence-corrected chi connectivity index (χ2v) is 6.80. The van der Waals surface area contributed by atoms with E-state index in [0.717, 1.165) is 38.9 Å². The first kappa shape index (κ1) is 23.2. The highest BCUT2D eigenvalue weighted by Gasteiger charge is 2.23. The summed E-state index contributed by atoms with van der Waals surface area (Å²) in [6.45, 7) is 7.14. The summed E-state index contributed by atoms with van der Waals surface area (Å²) >= 11 is 0. The average Bonchev–Trinajstić information content (AvgIpc) is 2.48. The first-order valence-electron chi connectivity index (χ1n) is 8.37. The fourth-order valence-electron chi connectivity index (χ4n) is 3.08. The predicted molar refractivity (Wildman–Crippen MR) is 105 cm³/mol. The van der Waals surface area contributed by atoms with Gasteiger partial charge in [0.2, 0.25) is 5.91 Å². The van der Waals surface area contributed by atoms with Crippen LogP contribution in [-0.2, 0) is 11.3 Å². The number of nitrogens with one attached hydrogen (secondary N) is 1. The highest BCUT2D eigenvalue weighted by Crippen LogP contribution is 2.14. The third kappa shape index (κ3) is 7.84. The molecule has 1 fully saturated rings. The van der Waals surface area contributed by atoms with Crippen molar-refractivity contribution < 1.29 is 4.79 Å². The average molecular weight is 376 g/mol. The van der Waals surface area contributed by atoms with Crippen molar-refractivity contribution >= 4 is 30.7 Å². The van der Waals surface area contributed by atoms with Crippen molar-refractivity contribution in [3.05, 3.63) is 35.9 Å². The van der Waals surface area contributed by atoms with Crippen LogP contribution in [0.15, 0.2) is 30.3 Å². The van der Waals surface area contributed by atoms with Crippen LogP contribution in [0.3, 0.4) is 0 Å². The SMILES string of the molecule is CC(C)C[C@H](N)C(=O)NC1CCCN(Cc2ccccc2)C1.Cl.Cl. The van der Waals surface area contributed by atoms with Crippen LogP contribution < -0.4 is 11.1 Å². The van der Waals surface area contributed by atoms with Gasteiger partial charge in [0.25, 0.3) is 0 Å². The minimum Gasteiger partial charge on any atom is -0.351 e. The van der Waals surface area contributed by atoms with Gasteiger partial charge in [0, 0.05) is 19.1 Å². The maximum absolute atomic E-state index is 12.2. The van der Waals surface area contributed by atoms with Crippen LogP contribution >= 0.6 is 24.8 Å². The minimum atomic E-state index is -0.385. The lowest BCUT2D eigenvalue weighted by atomic mass is 10.0. The van der Waals surface area contributed by atoms with Crippen molar-refractivity contribution in [1.82, 2.24) is 10.2 Å². The molecule has 1 aliphatic heterocycles. The van der Waals surface area contributed by atoms with Crippen molar-refractivity contribution in [3.63, 3.8) is 0 Å². The van der Waals surface area contributed by atoms with Gasteiger partial charge in [0.05, 0.1) is 6.04 Å². The molecule has 0 aliphatic carbocycles. The molecule has 1 unspecified atom stereocenters. The van der Waals surface area contributed by atoms with Crippen molar-refractivity contribution in [2.24, 2.45) is 11.7 Å². The zero-order valence-electron chi connectivity index (χ0n) is 14.6. The van der Waals surface area contributed by atoms with E-state index >= 15 is 0 Å². The van der Waals surface area contributed by atoms with E-state index in [4.69, 9.17) is 5.73 Å². The standard InChI is InChI=1S/C18H29N3O.2ClH/c1-14(2)11-17(19)18(22)20-16-9-6-10-21(13-16)12-15-7-4-3-5-8-15;;/h3-5,7-8,14,16-17H,6,9-13,19H2,1-2H3,(H,20,22);2*1H/t16?,17-;;/m0../s1. The monoisotopic (exact) mass is 375 g/mol. The molecule has 2 rings (SSSR count). The number of hydrogen-bond acceptors (Lipinski definition) is 3. The lowest BCUT2D eigenvalue weighted by Gasteiger charge is -2.33. The third-order valence-corrected chi connectivity index (χ3v) is 4.16. The van der Waals surface area contributed by atoms with Crippen LogP contribution in [-0.4, -0.2) is 36.0 Å². The maximum Gasteiger partial charge on any atom is 0.237 e. The van der Waals surface area contributed by atoms with E-state index < -0.39 is 0 Å². The molecule has 4 nitrogen and oxygen atoms in total. The van der Waals surface area contributed by atoms with E-state index in [0.29, 0.717) is 5.92 Å². The zero-order chi connectivity index (χ0) is 15.9. The normalized spacial score (nSPS) is 19.1. The number of hydrogen-bond donors (Lipinski definition) is 2. The molecule has 138 valence electrons. The predicted octanol–water partition coefficient (Wildman–Crippen LogP) is 2.98. The van der Waals surface area contributed by atoms with Crippen LogP contribution in [0.5, 0.6) is 0 Å². The summed E-state index contributed by atoms with van der Waals surface area (Å²) in [5.74, 6) is 0.446.